The lowest BCUT2D eigenvalue weighted by atomic mass is 9.87. The molecule has 1 aliphatic carbocycles. The molecule has 1 amide bonds. The molecule has 144 valence electrons. The van der Waals surface area contributed by atoms with Crippen LogP contribution in [-0.2, 0) is 6.42 Å². The van der Waals surface area contributed by atoms with Crippen LogP contribution in [0.15, 0.2) is 30.6 Å². The Morgan fingerprint density at radius 2 is 2.00 bits per heavy atom. The van der Waals surface area contributed by atoms with Crippen molar-refractivity contribution in [1.82, 2.24) is 14.9 Å². The van der Waals surface area contributed by atoms with Crippen LogP contribution in [0.5, 0.6) is 0 Å². The molecule has 0 bridgehead atoms. The number of fused-ring (bicyclic) bond motifs is 2. The molecule has 1 N–H and O–H groups in total. The van der Waals surface area contributed by atoms with Crippen molar-refractivity contribution in [2.45, 2.75) is 45.1 Å². The number of thiophene rings is 1. The van der Waals surface area contributed by atoms with Crippen molar-refractivity contribution in [2.75, 3.05) is 18.4 Å². The summed E-state index contributed by atoms with van der Waals surface area (Å²) in [6, 6.07) is 8.91. The van der Waals surface area contributed by atoms with Gasteiger partial charge < -0.3 is 10.2 Å². The zero-order chi connectivity index (χ0) is 19.1. The van der Waals surface area contributed by atoms with E-state index in [9.17, 15) is 4.79 Å². The number of anilines is 1. The number of carbonyl (C=O) groups is 1. The molecular weight excluding hydrogens is 368 g/mol. The Morgan fingerprint density at radius 1 is 1.18 bits per heavy atom. The predicted molar refractivity (Wildman–Crippen MR) is 113 cm³/mol. The van der Waals surface area contributed by atoms with E-state index in [0.717, 1.165) is 65.2 Å². The average molecular weight is 393 g/mol. The molecule has 5 nitrogen and oxygen atoms in total. The molecule has 5 rings (SSSR count). The molecule has 1 atom stereocenters. The van der Waals surface area contributed by atoms with Gasteiger partial charge in [0.05, 0.1) is 16.3 Å². The van der Waals surface area contributed by atoms with Crippen molar-refractivity contribution in [3.05, 3.63) is 52.2 Å². The summed E-state index contributed by atoms with van der Waals surface area (Å²) in [6.07, 6.45) is 7.21. The molecule has 1 aliphatic heterocycles. The summed E-state index contributed by atoms with van der Waals surface area (Å²) in [4.78, 5) is 25.7. The zero-order valence-corrected chi connectivity index (χ0v) is 16.9. The highest BCUT2D eigenvalue weighted by atomic mass is 32.1. The lowest BCUT2D eigenvalue weighted by Gasteiger charge is -2.27. The SMILES string of the molecule is Cc1c(C(=O)N2CCCC2)sc2ncnc(N[C@@H]3CCCc4ccccc43)c12. The minimum Gasteiger partial charge on any atom is -0.363 e. The Labute approximate surface area is 168 Å². The minimum atomic E-state index is 0.145. The van der Waals surface area contributed by atoms with Gasteiger partial charge in [-0.1, -0.05) is 24.3 Å². The van der Waals surface area contributed by atoms with Gasteiger partial charge in [0, 0.05) is 13.1 Å². The summed E-state index contributed by atoms with van der Waals surface area (Å²) in [5.74, 6) is 0.993. The summed E-state index contributed by atoms with van der Waals surface area (Å²) >= 11 is 1.50. The summed E-state index contributed by atoms with van der Waals surface area (Å²) in [5.41, 5.74) is 3.79. The van der Waals surface area contributed by atoms with Crippen LogP contribution in [0.2, 0.25) is 0 Å². The van der Waals surface area contributed by atoms with Crippen molar-refractivity contribution in [3.8, 4) is 0 Å². The van der Waals surface area contributed by atoms with Crippen LogP contribution in [0.4, 0.5) is 5.82 Å². The first-order valence-electron chi connectivity index (χ1n) is 10.1. The van der Waals surface area contributed by atoms with Gasteiger partial charge in [0.25, 0.3) is 5.91 Å². The number of rotatable bonds is 3. The Balaban J connectivity index is 1.52. The van der Waals surface area contributed by atoms with Crippen molar-refractivity contribution < 1.29 is 4.79 Å². The number of nitrogens with zero attached hydrogens (tertiary/aromatic N) is 3. The topological polar surface area (TPSA) is 58.1 Å². The maximum atomic E-state index is 13.0. The number of aromatic nitrogens is 2. The number of carbonyl (C=O) groups excluding carboxylic acids is 1. The van der Waals surface area contributed by atoms with Crippen molar-refractivity contribution in [2.24, 2.45) is 0 Å². The summed E-state index contributed by atoms with van der Waals surface area (Å²) in [7, 11) is 0. The number of hydrogen-bond donors (Lipinski definition) is 1. The Bertz CT molecular complexity index is 1040. The maximum absolute atomic E-state index is 13.0. The molecule has 2 aliphatic rings. The number of nitrogens with one attached hydrogen (secondary N) is 1. The first-order chi connectivity index (χ1) is 13.7. The monoisotopic (exact) mass is 392 g/mol. The van der Waals surface area contributed by atoms with E-state index in [0.29, 0.717) is 0 Å². The largest absolute Gasteiger partial charge is 0.363 e. The third kappa shape index (κ3) is 2.96. The first kappa shape index (κ1) is 17.6. The van der Waals surface area contributed by atoms with Crippen LogP contribution in [0.1, 0.15) is 58.1 Å². The van der Waals surface area contributed by atoms with E-state index >= 15 is 0 Å². The lowest BCUT2D eigenvalue weighted by molar-refractivity contribution is 0.0797. The van der Waals surface area contributed by atoms with E-state index in [4.69, 9.17) is 0 Å². The fraction of sp³-hybridized carbons (Fsp3) is 0.409. The van der Waals surface area contributed by atoms with Crippen LogP contribution in [0, 0.1) is 6.92 Å². The molecule has 3 aromatic rings. The summed E-state index contributed by atoms with van der Waals surface area (Å²) in [6.45, 7) is 3.76. The molecule has 0 unspecified atom stereocenters. The van der Waals surface area contributed by atoms with Gasteiger partial charge in [-0.2, -0.15) is 0 Å². The molecule has 1 fully saturated rings. The molecule has 28 heavy (non-hydrogen) atoms. The summed E-state index contributed by atoms with van der Waals surface area (Å²) in [5, 5.41) is 4.67. The normalized spacial score (nSPS) is 19.0. The highest BCUT2D eigenvalue weighted by molar-refractivity contribution is 7.20. The highest BCUT2D eigenvalue weighted by Crippen LogP contribution is 2.38. The quantitative estimate of drug-likeness (QED) is 0.700. The molecule has 3 heterocycles. The van der Waals surface area contributed by atoms with Gasteiger partial charge in [-0.05, 0) is 55.7 Å². The van der Waals surface area contributed by atoms with E-state index in [2.05, 4.69) is 39.6 Å². The van der Waals surface area contributed by atoms with E-state index in [1.54, 1.807) is 6.33 Å². The van der Waals surface area contributed by atoms with Gasteiger partial charge in [0.2, 0.25) is 0 Å². The second kappa shape index (κ2) is 7.17. The Morgan fingerprint density at radius 3 is 2.86 bits per heavy atom. The van der Waals surface area contributed by atoms with Crippen LogP contribution in [0.3, 0.4) is 0 Å². The van der Waals surface area contributed by atoms with Crippen molar-refractivity contribution >= 4 is 33.3 Å². The molecular formula is C22H24N4OS. The van der Waals surface area contributed by atoms with E-state index in [1.165, 1.54) is 28.9 Å². The number of amides is 1. The van der Waals surface area contributed by atoms with Crippen molar-refractivity contribution in [1.29, 1.82) is 0 Å². The fourth-order valence-electron chi connectivity index (χ4n) is 4.52. The van der Waals surface area contributed by atoms with Crippen LogP contribution < -0.4 is 5.32 Å². The number of aryl methyl sites for hydroxylation is 2. The maximum Gasteiger partial charge on any atom is 0.264 e. The Kier molecular flexibility index (Phi) is 4.51. The van der Waals surface area contributed by atoms with Gasteiger partial charge in [0.1, 0.15) is 17.0 Å². The van der Waals surface area contributed by atoms with E-state index < -0.39 is 0 Å². The molecule has 0 radical (unpaired) electrons. The van der Waals surface area contributed by atoms with Gasteiger partial charge in [-0.15, -0.1) is 11.3 Å². The van der Waals surface area contributed by atoms with Crippen LogP contribution >= 0.6 is 11.3 Å². The zero-order valence-electron chi connectivity index (χ0n) is 16.1. The van der Waals surface area contributed by atoms with Gasteiger partial charge in [-0.25, -0.2) is 9.97 Å². The van der Waals surface area contributed by atoms with Gasteiger partial charge in [0.15, 0.2) is 0 Å². The summed E-state index contributed by atoms with van der Waals surface area (Å²) < 4.78 is 0. The first-order valence-corrected chi connectivity index (χ1v) is 10.9. The molecule has 2 aromatic heterocycles. The second-order valence-electron chi connectivity index (χ2n) is 7.75. The third-order valence-corrected chi connectivity index (χ3v) is 7.18. The average Bonchev–Trinajstić information content (AvgIpc) is 3.37. The van der Waals surface area contributed by atoms with E-state index in [1.807, 2.05) is 11.8 Å². The van der Waals surface area contributed by atoms with E-state index in [-0.39, 0.29) is 11.9 Å². The molecule has 0 saturated carbocycles. The van der Waals surface area contributed by atoms with Crippen LogP contribution in [0.25, 0.3) is 10.2 Å². The standard InChI is InChI=1S/C22H24N4OS/c1-14-18-20(25-17-10-6-8-15-7-2-3-9-16(15)17)23-13-24-21(18)28-19(14)22(27)26-11-4-5-12-26/h2-3,7,9,13,17H,4-6,8,10-12H2,1H3,(H,23,24,25)/t17-/m1/s1. The van der Waals surface area contributed by atoms with Gasteiger partial charge >= 0.3 is 0 Å². The third-order valence-electron chi connectivity index (χ3n) is 5.99. The number of likely N-dealkylation sites (tertiary alicyclic amines) is 1. The highest BCUT2D eigenvalue weighted by Gasteiger charge is 2.27. The predicted octanol–water partition coefficient (Wildman–Crippen LogP) is 4.73. The molecule has 1 aromatic carbocycles. The minimum absolute atomic E-state index is 0.145. The lowest BCUT2D eigenvalue weighted by Crippen LogP contribution is -2.27. The second-order valence-corrected chi connectivity index (χ2v) is 8.74. The fourth-order valence-corrected chi connectivity index (χ4v) is 5.63. The smallest absolute Gasteiger partial charge is 0.264 e. The Hall–Kier alpha value is -2.47. The van der Waals surface area contributed by atoms with Crippen LogP contribution in [-0.4, -0.2) is 33.9 Å². The molecule has 1 saturated heterocycles. The van der Waals surface area contributed by atoms with Gasteiger partial charge in [-0.3, -0.25) is 4.79 Å². The molecule has 0 spiro atoms. The van der Waals surface area contributed by atoms with Crippen molar-refractivity contribution in [3.63, 3.8) is 0 Å². The molecule has 6 heteroatoms. The number of hydrogen-bond acceptors (Lipinski definition) is 5. The number of benzene rings is 1.